The average Bonchev–Trinajstić information content (AvgIpc) is 2.54. The number of carbonyl (C=O) groups is 1. The molecule has 7 heteroatoms. The van der Waals surface area contributed by atoms with Gasteiger partial charge in [-0.15, -0.1) is 0 Å². The van der Waals surface area contributed by atoms with Crippen LogP contribution >= 0.6 is 0 Å². The van der Waals surface area contributed by atoms with E-state index in [1.165, 1.54) is 36.4 Å². The van der Waals surface area contributed by atoms with E-state index in [-0.39, 0.29) is 23.7 Å². The summed E-state index contributed by atoms with van der Waals surface area (Å²) >= 11 is 0. The smallest absolute Gasteiger partial charge is 0.240 e. The number of halogens is 1. The molecule has 0 spiro atoms. The Kier molecular flexibility index (Phi) is 5.46. The summed E-state index contributed by atoms with van der Waals surface area (Å²) in [5, 5.41) is 0. The Morgan fingerprint density at radius 3 is 2.26 bits per heavy atom. The van der Waals surface area contributed by atoms with Crippen LogP contribution in [-0.2, 0) is 21.2 Å². The van der Waals surface area contributed by atoms with Gasteiger partial charge in [-0.2, -0.15) is 0 Å². The molecule has 23 heavy (non-hydrogen) atoms. The van der Waals surface area contributed by atoms with Gasteiger partial charge in [0.05, 0.1) is 10.8 Å². The lowest BCUT2D eigenvalue weighted by molar-refractivity contribution is -0.121. The Morgan fingerprint density at radius 2 is 1.70 bits per heavy atom. The van der Waals surface area contributed by atoms with Crippen LogP contribution in [0, 0.1) is 11.7 Å². The Bertz CT molecular complexity index is 762. The second-order valence-electron chi connectivity index (χ2n) is 5.09. The van der Waals surface area contributed by atoms with Gasteiger partial charge in [0.25, 0.3) is 0 Å². The van der Waals surface area contributed by atoms with Gasteiger partial charge in [0.2, 0.25) is 15.9 Å². The molecule has 2 aromatic carbocycles. The van der Waals surface area contributed by atoms with Crippen molar-refractivity contribution in [2.24, 2.45) is 11.7 Å². The van der Waals surface area contributed by atoms with Crippen LogP contribution in [0.2, 0.25) is 0 Å². The number of nitrogens with two attached hydrogens (primary N) is 1. The molecule has 1 amide bonds. The van der Waals surface area contributed by atoms with Crippen molar-refractivity contribution in [2.75, 3.05) is 6.54 Å². The first-order chi connectivity index (χ1) is 10.9. The molecule has 2 aromatic rings. The predicted octanol–water partition coefficient (Wildman–Crippen LogP) is 1.45. The van der Waals surface area contributed by atoms with Crippen molar-refractivity contribution in [1.82, 2.24) is 4.72 Å². The van der Waals surface area contributed by atoms with Gasteiger partial charge in [-0.3, -0.25) is 4.79 Å². The number of sulfonamides is 1. The monoisotopic (exact) mass is 336 g/mol. The van der Waals surface area contributed by atoms with Crippen molar-refractivity contribution in [2.45, 2.75) is 11.3 Å². The summed E-state index contributed by atoms with van der Waals surface area (Å²) in [6.07, 6.45) is 0.229. The van der Waals surface area contributed by atoms with E-state index in [0.717, 1.165) is 0 Å². The zero-order valence-electron chi connectivity index (χ0n) is 12.3. The zero-order valence-corrected chi connectivity index (χ0v) is 13.1. The first-order valence-electron chi connectivity index (χ1n) is 6.97. The number of hydrogen-bond donors (Lipinski definition) is 2. The van der Waals surface area contributed by atoms with Gasteiger partial charge in [0.1, 0.15) is 5.82 Å². The maximum atomic E-state index is 12.9. The maximum absolute atomic E-state index is 12.9. The fraction of sp³-hybridized carbons (Fsp3) is 0.188. The van der Waals surface area contributed by atoms with Gasteiger partial charge in [-0.1, -0.05) is 30.3 Å². The summed E-state index contributed by atoms with van der Waals surface area (Å²) in [5.74, 6) is -1.72. The molecule has 0 heterocycles. The summed E-state index contributed by atoms with van der Waals surface area (Å²) in [6, 6.07) is 13.5. The van der Waals surface area contributed by atoms with E-state index in [2.05, 4.69) is 4.72 Å². The van der Waals surface area contributed by atoms with Gasteiger partial charge in [0, 0.05) is 6.54 Å². The third-order valence-electron chi connectivity index (χ3n) is 3.37. The molecule has 0 fully saturated rings. The molecule has 1 atom stereocenters. The van der Waals surface area contributed by atoms with Crippen molar-refractivity contribution >= 4 is 15.9 Å². The highest BCUT2D eigenvalue weighted by atomic mass is 32.2. The minimum Gasteiger partial charge on any atom is -0.369 e. The number of benzene rings is 2. The van der Waals surface area contributed by atoms with Crippen LogP contribution < -0.4 is 10.5 Å². The standard InChI is InChI=1S/C16H17FN2O3S/c17-14-8-6-12(7-9-14)10-13(16(18)20)11-19-23(21,22)15-4-2-1-3-5-15/h1-9,13,19H,10-11H2,(H2,18,20)/t13-/m0/s1. The van der Waals surface area contributed by atoms with Crippen LogP contribution in [0.25, 0.3) is 0 Å². The van der Waals surface area contributed by atoms with E-state index in [0.29, 0.717) is 5.56 Å². The first kappa shape index (κ1) is 17.1. The van der Waals surface area contributed by atoms with E-state index in [1.54, 1.807) is 18.2 Å². The van der Waals surface area contributed by atoms with Crippen molar-refractivity contribution < 1.29 is 17.6 Å². The maximum Gasteiger partial charge on any atom is 0.240 e. The lowest BCUT2D eigenvalue weighted by Crippen LogP contribution is -2.37. The van der Waals surface area contributed by atoms with Crippen LogP contribution in [0.1, 0.15) is 5.56 Å². The molecular formula is C16H17FN2O3S. The van der Waals surface area contributed by atoms with Crippen LogP contribution in [-0.4, -0.2) is 20.9 Å². The topological polar surface area (TPSA) is 89.3 Å². The highest BCUT2D eigenvalue weighted by molar-refractivity contribution is 7.89. The van der Waals surface area contributed by atoms with Crippen molar-refractivity contribution in [3.05, 3.63) is 66.0 Å². The van der Waals surface area contributed by atoms with E-state index < -0.39 is 21.8 Å². The molecule has 0 aliphatic heterocycles. The van der Waals surface area contributed by atoms with E-state index >= 15 is 0 Å². The largest absolute Gasteiger partial charge is 0.369 e. The number of rotatable bonds is 7. The lowest BCUT2D eigenvalue weighted by Gasteiger charge is -2.14. The molecule has 0 saturated carbocycles. The van der Waals surface area contributed by atoms with E-state index in [1.807, 2.05) is 0 Å². The number of primary amides is 1. The van der Waals surface area contributed by atoms with Crippen LogP contribution in [0.3, 0.4) is 0 Å². The Morgan fingerprint density at radius 1 is 1.09 bits per heavy atom. The molecular weight excluding hydrogens is 319 g/mol. The Labute approximate surface area is 134 Å². The SMILES string of the molecule is NC(=O)[C@H](CNS(=O)(=O)c1ccccc1)Cc1ccc(F)cc1. The third kappa shape index (κ3) is 4.87. The molecule has 0 aliphatic carbocycles. The normalized spacial score (nSPS) is 12.7. The van der Waals surface area contributed by atoms with Crippen molar-refractivity contribution in [3.8, 4) is 0 Å². The second-order valence-corrected chi connectivity index (χ2v) is 6.86. The van der Waals surface area contributed by atoms with Gasteiger partial charge in [-0.25, -0.2) is 17.5 Å². The molecule has 3 N–H and O–H groups in total. The second kappa shape index (κ2) is 7.34. The van der Waals surface area contributed by atoms with E-state index in [9.17, 15) is 17.6 Å². The summed E-state index contributed by atoms with van der Waals surface area (Å²) in [7, 11) is -3.71. The average molecular weight is 336 g/mol. The molecule has 5 nitrogen and oxygen atoms in total. The molecule has 0 aliphatic rings. The fourth-order valence-corrected chi connectivity index (χ4v) is 3.17. The zero-order chi connectivity index (χ0) is 16.9. The number of carbonyl (C=O) groups excluding carboxylic acids is 1. The Hall–Kier alpha value is -2.25. The molecule has 0 aromatic heterocycles. The van der Waals surface area contributed by atoms with Gasteiger partial charge in [-0.05, 0) is 36.2 Å². The molecule has 0 unspecified atom stereocenters. The van der Waals surface area contributed by atoms with Crippen LogP contribution in [0.15, 0.2) is 59.5 Å². The van der Waals surface area contributed by atoms with Crippen molar-refractivity contribution in [3.63, 3.8) is 0 Å². The van der Waals surface area contributed by atoms with Gasteiger partial charge in [0.15, 0.2) is 0 Å². The highest BCUT2D eigenvalue weighted by Gasteiger charge is 2.20. The lowest BCUT2D eigenvalue weighted by atomic mass is 9.99. The highest BCUT2D eigenvalue weighted by Crippen LogP contribution is 2.12. The Balaban J connectivity index is 2.05. The summed E-state index contributed by atoms with van der Waals surface area (Å²) in [4.78, 5) is 11.7. The summed E-state index contributed by atoms with van der Waals surface area (Å²) in [5.41, 5.74) is 6.04. The molecule has 0 radical (unpaired) electrons. The molecule has 2 rings (SSSR count). The fourth-order valence-electron chi connectivity index (χ4n) is 2.07. The van der Waals surface area contributed by atoms with Crippen LogP contribution in [0.5, 0.6) is 0 Å². The van der Waals surface area contributed by atoms with Gasteiger partial charge < -0.3 is 5.73 Å². The first-order valence-corrected chi connectivity index (χ1v) is 8.45. The van der Waals surface area contributed by atoms with Gasteiger partial charge >= 0.3 is 0 Å². The van der Waals surface area contributed by atoms with Crippen LogP contribution in [0.4, 0.5) is 4.39 Å². The number of nitrogens with one attached hydrogen (secondary N) is 1. The molecule has 0 bridgehead atoms. The predicted molar refractivity (Wildman–Crippen MR) is 84.4 cm³/mol. The number of hydrogen-bond acceptors (Lipinski definition) is 3. The molecule has 0 saturated heterocycles. The number of amides is 1. The summed E-state index contributed by atoms with van der Waals surface area (Å²) in [6.45, 7) is -0.121. The third-order valence-corrected chi connectivity index (χ3v) is 4.81. The van der Waals surface area contributed by atoms with Crippen molar-refractivity contribution in [1.29, 1.82) is 0 Å². The molecule has 122 valence electrons. The quantitative estimate of drug-likeness (QED) is 0.802. The summed E-state index contributed by atoms with van der Waals surface area (Å²) < 4.78 is 39.6. The van der Waals surface area contributed by atoms with E-state index in [4.69, 9.17) is 5.73 Å². The minimum absolute atomic E-state index is 0.116. The minimum atomic E-state index is -3.71.